The third-order valence-corrected chi connectivity index (χ3v) is 10.4. The van der Waals surface area contributed by atoms with Gasteiger partial charge in [-0.25, -0.2) is 16.8 Å². The normalized spacial score (nSPS) is 19.9. The van der Waals surface area contributed by atoms with Crippen LogP contribution in [0.3, 0.4) is 0 Å². The molecule has 2 heterocycles. The van der Waals surface area contributed by atoms with Gasteiger partial charge in [0.2, 0.25) is 20.0 Å². The number of nitrogens with zero attached hydrogens (tertiary/aromatic N) is 3. The fourth-order valence-electron chi connectivity index (χ4n) is 4.34. The summed E-state index contributed by atoms with van der Waals surface area (Å²) in [6.45, 7) is 3.82. The topological polar surface area (TPSA) is 78.0 Å². The number of rotatable bonds is 6. The Morgan fingerprint density at radius 1 is 0.606 bits per heavy atom. The summed E-state index contributed by atoms with van der Waals surface area (Å²) < 4.78 is 55.2. The van der Waals surface area contributed by atoms with Crippen LogP contribution in [0.15, 0.2) is 58.3 Å². The molecule has 2 aromatic carbocycles. The largest absolute Gasteiger partial charge is 0.296 e. The van der Waals surface area contributed by atoms with Crippen LogP contribution in [-0.2, 0) is 26.6 Å². The van der Waals surface area contributed by atoms with Crippen molar-refractivity contribution < 1.29 is 16.8 Å². The first-order chi connectivity index (χ1) is 15.8. The van der Waals surface area contributed by atoms with Gasteiger partial charge in [-0.1, -0.05) is 36.6 Å². The van der Waals surface area contributed by atoms with E-state index in [4.69, 9.17) is 11.6 Å². The number of sulfonamides is 2. The van der Waals surface area contributed by atoms with Gasteiger partial charge in [0, 0.05) is 50.8 Å². The van der Waals surface area contributed by atoms with Gasteiger partial charge >= 0.3 is 0 Å². The van der Waals surface area contributed by atoms with Gasteiger partial charge in [-0.05, 0) is 54.8 Å². The standard InChI is InChI=1S/C23H30ClN3O4S2/c24-21-7-5-20(6-8-21)19-25-15-17-27(18-16-25)33(30,31)23-11-9-22(10-12-23)32(28,29)26-13-3-1-2-4-14-26/h5-12H,1-4,13-19H2. The van der Waals surface area contributed by atoms with E-state index in [1.54, 1.807) is 0 Å². The van der Waals surface area contributed by atoms with E-state index in [0.29, 0.717) is 44.3 Å². The Bertz CT molecular complexity index is 1140. The van der Waals surface area contributed by atoms with Gasteiger partial charge in [0.15, 0.2) is 0 Å². The van der Waals surface area contributed by atoms with Crippen molar-refractivity contribution >= 4 is 31.6 Å². The van der Waals surface area contributed by atoms with Crippen molar-refractivity contribution in [2.75, 3.05) is 39.3 Å². The summed E-state index contributed by atoms with van der Waals surface area (Å²) in [7, 11) is -7.28. The maximum absolute atomic E-state index is 13.1. The molecule has 2 aliphatic rings. The van der Waals surface area contributed by atoms with Crippen LogP contribution >= 0.6 is 11.6 Å². The minimum absolute atomic E-state index is 0.128. The molecule has 10 heteroatoms. The van der Waals surface area contributed by atoms with Gasteiger partial charge in [0.25, 0.3) is 0 Å². The van der Waals surface area contributed by atoms with Gasteiger partial charge in [0.05, 0.1) is 9.79 Å². The Hall–Kier alpha value is -1.49. The van der Waals surface area contributed by atoms with Crippen molar-refractivity contribution in [3.05, 3.63) is 59.1 Å². The lowest BCUT2D eigenvalue weighted by atomic mass is 10.2. The van der Waals surface area contributed by atoms with Crippen molar-refractivity contribution in [2.45, 2.75) is 42.0 Å². The van der Waals surface area contributed by atoms with E-state index < -0.39 is 20.0 Å². The summed E-state index contributed by atoms with van der Waals surface area (Å²) >= 11 is 5.94. The summed E-state index contributed by atoms with van der Waals surface area (Å²) in [4.78, 5) is 2.49. The van der Waals surface area contributed by atoms with Crippen LogP contribution in [0.4, 0.5) is 0 Å². The highest BCUT2D eigenvalue weighted by Gasteiger charge is 2.30. The highest BCUT2D eigenvalue weighted by molar-refractivity contribution is 7.89. The van der Waals surface area contributed by atoms with Crippen LogP contribution in [0, 0.1) is 0 Å². The highest BCUT2D eigenvalue weighted by Crippen LogP contribution is 2.24. The smallest absolute Gasteiger partial charge is 0.243 e. The number of halogens is 1. The molecule has 0 amide bonds. The van der Waals surface area contributed by atoms with Gasteiger partial charge in [-0.2, -0.15) is 8.61 Å². The van der Waals surface area contributed by atoms with Crippen molar-refractivity contribution in [2.24, 2.45) is 0 Å². The molecular formula is C23H30ClN3O4S2. The molecule has 4 rings (SSSR count). The third-order valence-electron chi connectivity index (χ3n) is 6.32. The molecule has 0 aromatic heterocycles. The molecule has 0 radical (unpaired) electrons. The van der Waals surface area contributed by atoms with Crippen LogP contribution < -0.4 is 0 Å². The van der Waals surface area contributed by atoms with Crippen molar-refractivity contribution in [3.63, 3.8) is 0 Å². The molecule has 7 nitrogen and oxygen atoms in total. The number of benzene rings is 2. The van der Waals surface area contributed by atoms with Crippen LogP contribution in [0.25, 0.3) is 0 Å². The second-order valence-corrected chi connectivity index (χ2v) is 12.9. The molecule has 0 aliphatic carbocycles. The monoisotopic (exact) mass is 511 g/mol. The van der Waals surface area contributed by atoms with Crippen LogP contribution in [0.5, 0.6) is 0 Å². The van der Waals surface area contributed by atoms with E-state index in [0.717, 1.165) is 37.8 Å². The number of hydrogen-bond acceptors (Lipinski definition) is 5. The quantitative estimate of drug-likeness (QED) is 0.594. The lowest BCUT2D eigenvalue weighted by Crippen LogP contribution is -2.48. The first kappa shape index (κ1) is 24.6. The molecule has 2 fully saturated rings. The van der Waals surface area contributed by atoms with Crippen LogP contribution in [0.2, 0.25) is 5.02 Å². The molecule has 33 heavy (non-hydrogen) atoms. The second kappa shape index (κ2) is 10.4. The Labute approximate surface area is 202 Å². The first-order valence-corrected chi connectivity index (χ1v) is 14.6. The summed E-state index contributed by atoms with van der Waals surface area (Å²) in [5, 5.41) is 0.694. The molecule has 0 saturated carbocycles. The molecule has 180 valence electrons. The molecule has 0 atom stereocenters. The van der Waals surface area contributed by atoms with Gasteiger partial charge in [-0.15, -0.1) is 0 Å². The average Bonchev–Trinajstić information content (AvgIpc) is 3.11. The molecule has 0 bridgehead atoms. The Morgan fingerprint density at radius 2 is 1.06 bits per heavy atom. The summed E-state index contributed by atoms with van der Waals surface area (Å²) in [5.74, 6) is 0. The predicted octanol–water partition coefficient (Wildman–Crippen LogP) is 3.41. The minimum Gasteiger partial charge on any atom is -0.296 e. The summed E-state index contributed by atoms with van der Waals surface area (Å²) in [6.07, 6.45) is 3.79. The summed E-state index contributed by atoms with van der Waals surface area (Å²) in [6, 6.07) is 13.3. The van der Waals surface area contributed by atoms with Crippen molar-refractivity contribution in [1.29, 1.82) is 0 Å². The van der Waals surface area contributed by atoms with Gasteiger partial charge in [0.1, 0.15) is 0 Å². The molecular weight excluding hydrogens is 482 g/mol. The SMILES string of the molecule is O=S(=O)(c1ccc(S(=O)(=O)N2CCN(Cc3ccc(Cl)cc3)CC2)cc1)N1CCCCCC1. The second-order valence-electron chi connectivity index (χ2n) is 8.60. The van der Waals surface area contributed by atoms with Crippen LogP contribution in [-0.4, -0.2) is 69.6 Å². The lowest BCUT2D eigenvalue weighted by Gasteiger charge is -2.34. The number of piperazine rings is 1. The fourth-order valence-corrected chi connectivity index (χ4v) is 7.41. The third kappa shape index (κ3) is 5.78. The molecule has 0 N–H and O–H groups in total. The van der Waals surface area contributed by atoms with E-state index >= 15 is 0 Å². The van der Waals surface area contributed by atoms with E-state index in [9.17, 15) is 16.8 Å². The minimum atomic E-state index is -3.68. The highest BCUT2D eigenvalue weighted by atomic mass is 35.5. The molecule has 2 saturated heterocycles. The maximum atomic E-state index is 13.1. The zero-order chi connectivity index (χ0) is 23.5. The summed E-state index contributed by atoms with van der Waals surface area (Å²) in [5.41, 5.74) is 1.14. The van der Waals surface area contributed by atoms with E-state index in [2.05, 4.69) is 4.90 Å². The fraction of sp³-hybridized carbons (Fsp3) is 0.478. The van der Waals surface area contributed by atoms with E-state index in [1.807, 2.05) is 24.3 Å². The molecule has 0 spiro atoms. The maximum Gasteiger partial charge on any atom is 0.243 e. The Kier molecular flexibility index (Phi) is 7.77. The van der Waals surface area contributed by atoms with Crippen molar-refractivity contribution in [3.8, 4) is 0 Å². The Balaban J connectivity index is 1.40. The molecule has 2 aromatic rings. The Morgan fingerprint density at radius 3 is 1.55 bits per heavy atom. The molecule has 2 aliphatic heterocycles. The first-order valence-electron chi connectivity index (χ1n) is 11.3. The average molecular weight is 512 g/mol. The zero-order valence-electron chi connectivity index (χ0n) is 18.6. The molecule has 0 unspecified atom stereocenters. The van der Waals surface area contributed by atoms with E-state index in [-0.39, 0.29) is 9.79 Å². The number of hydrogen-bond donors (Lipinski definition) is 0. The van der Waals surface area contributed by atoms with Gasteiger partial charge in [-0.3, -0.25) is 4.90 Å². The zero-order valence-corrected chi connectivity index (χ0v) is 21.0. The predicted molar refractivity (Wildman–Crippen MR) is 129 cm³/mol. The van der Waals surface area contributed by atoms with Crippen molar-refractivity contribution in [1.82, 2.24) is 13.5 Å². The van der Waals surface area contributed by atoms with Crippen LogP contribution in [0.1, 0.15) is 31.2 Å². The van der Waals surface area contributed by atoms with E-state index in [1.165, 1.54) is 32.9 Å². The lowest BCUT2D eigenvalue weighted by molar-refractivity contribution is 0.181. The van der Waals surface area contributed by atoms with Gasteiger partial charge < -0.3 is 0 Å².